The number of nitrogens with two attached hydrogens (primary N) is 1. The molecule has 0 saturated carbocycles. The van der Waals surface area contributed by atoms with E-state index in [4.69, 9.17) is 5.73 Å². The van der Waals surface area contributed by atoms with Crippen molar-refractivity contribution in [3.63, 3.8) is 0 Å². The van der Waals surface area contributed by atoms with Gasteiger partial charge >= 0.3 is 0 Å². The molecule has 108 valence electrons. The first-order valence-electron chi connectivity index (χ1n) is 7.17. The molecule has 0 radical (unpaired) electrons. The van der Waals surface area contributed by atoms with Gasteiger partial charge in [-0.3, -0.25) is 0 Å². The topological polar surface area (TPSA) is 38.9 Å². The zero-order valence-corrected chi connectivity index (χ0v) is 13.5. The van der Waals surface area contributed by atoms with Crippen LogP contribution in [0.5, 0.6) is 0 Å². The molecule has 2 aromatic carbocycles. The average molecular weight is 296 g/mol. The number of fused-ring (bicyclic) bond motifs is 1. The molecule has 0 atom stereocenters. The number of nitrogen functional groups attached to an aromatic ring is 1. The van der Waals surface area contributed by atoms with E-state index in [0.717, 1.165) is 12.1 Å². The fraction of sp³-hybridized carbons (Fsp3) is 0.278. The SMILES string of the molecule is CC(C)(C)c1nc(N)sc1Cc1ccc2ccccc2c1. The maximum atomic E-state index is 5.93. The molecular weight excluding hydrogens is 276 g/mol. The Hall–Kier alpha value is -1.87. The van der Waals surface area contributed by atoms with E-state index in [0.29, 0.717) is 5.13 Å². The van der Waals surface area contributed by atoms with Crippen molar-refractivity contribution < 1.29 is 0 Å². The maximum Gasteiger partial charge on any atom is 0.180 e. The summed E-state index contributed by atoms with van der Waals surface area (Å²) in [6.07, 6.45) is 0.895. The fourth-order valence-electron chi connectivity index (χ4n) is 2.61. The normalized spacial score (nSPS) is 12.0. The molecule has 0 aliphatic carbocycles. The van der Waals surface area contributed by atoms with Gasteiger partial charge in [-0.1, -0.05) is 63.2 Å². The summed E-state index contributed by atoms with van der Waals surface area (Å²) in [5, 5.41) is 3.22. The van der Waals surface area contributed by atoms with Crippen LogP contribution in [0.1, 0.15) is 36.9 Å². The van der Waals surface area contributed by atoms with Crippen molar-refractivity contribution in [3.05, 3.63) is 58.6 Å². The van der Waals surface area contributed by atoms with Gasteiger partial charge in [0.25, 0.3) is 0 Å². The molecule has 1 heterocycles. The predicted molar refractivity (Wildman–Crippen MR) is 92.0 cm³/mol. The molecule has 0 amide bonds. The lowest BCUT2D eigenvalue weighted by Crippen LogP contribution is -2.14. The minimum atomic E-state index is 0.0281. The van der Waals surface area contributed by atoms with Gasteiger partial charge in [-0.25, -0.2) is 4.98 Å². The largest absolute Gasteiger partial charge is 0.375 e. The van der Waals surface area contributed by atoms with Crippen LogP contribution in [-0.2, 0) is 11.8 Å². The van der Waals surface area contributed by atoms with Crippen molar-refractivity contribution >= 4 is 27.2 Å². The number of benzene rings is 2. The van der Waals surface area contributed by atoms with Crippen molar-refractivity contribution in [2.45, 2.75) is 32.6 Å². The van der Waals surface area contributed by atoms with E-state index in [1.54, 1.807) is 11.3 Å². The Kier molecular flexibility index (Phi) is 3.46. The second kappa shape index (κ2) is 5.15. The summed E-state index contributed by atoms with van der Waals surface area (Å²) in [6, 6.07) is 15.1. The third-order valence-electron chi connectivity index (χ3n) is 3.60. The van der Waals surface area contributed by atoms with Gasteiger partial charge in [0.1, 0.15) is 0 Å². The number of anilines is 1. The van der Waals surface area contributed by atoms with Crippen LogP contribution in [0.2, 0.25) is 0 Å². The summed E-state index contributed by atoms with van der Waals surface area (Å²) >= 11 is 1.61. The summed E-state index contributed by atoms with van der Waals surface area (Å²) in [5.41, 5.74) is 8.39. The van der Waals surface area contributed by atoms with Crippen LogP contribution in [-0.4, -0.2) is 4.98 Å². The molecule has 0 saturated heterocycles. The molecular formula is C18H20N2S. The zero-order chi connectivity index (χ0) is 15.0. The van der Waals surface area contributed by atoms with Crippen molar-refractivity contribution in [3.8, 4) is 0 Å². The van der Waals surface area contributed by atoms with Crippen LogP contribution in [0, 0.1) is 0 Å². The molecule has 0 spiro atoms. The third kappa shape index (κ3) is 2.93. The Bertz CT molecular complexity index is 781. The Balaban J connectivity index is 1.99. The van der Waals surface area contributed by atoms with Crippen molar-refractivity contribution in [1.82, 2.24) is 4.98 Å². The van der Waals surface area contributed by atoms with Gasteiger partial charge in [0, 0.05) is 16.7 Å². The third-order valence-corrected chi connectivity index (χ3v) is 4.49. The first kappa shape index (κ1) is 14.1. The van der Waals surface area contributed by atoms with E-state index in [1.165, 1.54) is 21.2 Å². The van der Waals surface area contributed by atoms with E-state index < -0.39 is 0 Å². The predicted octanol–water partition coefficient (Wildman–Crippen LogP) is 4.77. The lowest BCUT2D eigenvalue weighted by molar-refractivity contribution is 0.568. The van der Waals surface area contributed by atoms with Crippen molar-refractivity contribution in [1.29, 1.82) is 0 Å². The Morgan fingerprint density at radius 3 is 2.48 bits per heavy atom. The molecule has 2 N–H and O–H groups in total. The number of rotatable bonds is 2. The number of nitrogens with zero attached hydrogens (tertiary/aromatic N) is 1. The first-order chi connectivity index (χ1) is 9.93. The minimum Gasteiger partial charge on any atom is -0.375 e. The Morgan fingerprint density at radius 2 is 1.76 bits per heavy atom. The monoisotopic (exact) mass is 296 g/mol. The molecule has 1 aromatic heterocycles. The van der Waals surface area contributed by atoms with E-state index in [2.05, 4.69) is 68.2 Å². The molecule has 0 aliphatic heterocycles. The van der Waals surface area contributed by atoms with Crippen LogP contribution < -0.4 is 5.73 Å². The maximum absolute atomic E-state index is 5.93. The molecule has 0 bridgehead atoms. The van der Waals surface area contributed by atoms with E-state index in [1.807, 2.05) is 0 Å². The van der Waals surface area contributed by atoms with Gasteiger partial charge in [0.05, 0.1) is 5.69 Å². The number of hydrogen-bond acceptors (Lipinski definition) is 3. The van der Waals surface area contributed by atoms with Gasteiger partial charge in [-0.05, 0) is 16.3 Å². The summed E-state index contributed by atoms with van der Waals surface area (Å²) in [5.74, 6) is 0. The Morgan fingerprint density at radius 1 is 1.05 bits per heavy atom. The van der Waals surface area contributed by atoms with E-state index in [-0.39, 0.29) is 5.41 Å². The molecule has 3 aromatic rings. The van der Waals surface area contributed by atoms with Gasteiger partial charge in [0.15, 0.2) is 5.13 Å². The lowest BCUT2D eigenvalue weighted by Gasteiger charge is -2.17. The van der Waals surface area contributed by atoms with Crippen LogP contribution in [0.25, 0.3) is 10.8 Å². The molecule has 3 rings (SSSR count). The molecule has 21 heavy (non-hydrogen) atoms. The Labute approximate surface area is 129 Å². The summed E-state index contributed by atoms with van der Waals surface area (Å²) < 4.78 is 0. The van der Waals surface area contributed by atoms with Crippen LogP contribution in [0.4, 0.5) is 5.13 Å². The smallest absolute Gasteiger partial charge is 0.180 e. The first-order valence-corrected chi connectivity index (χ1v) is 7.98. The number of thiazole rings is 1. The van der Waals surface area contributed by atoms with E-state index >= 15 is 0 Å². The molecule has 2 nitrogen and oxygen atoms in total. The van der Waals surface area contributed by atoms with Crippen molar-refractivity contribution in [2.24, 2.45) is 0 Å². The van der Waals surface area contributed by atoms with Gasteiger partial charge in [-0.15, -0.1) is 11.3 Å². The standard InChI is InChI=1S/C18H20N2S/c1-18(2,3)16-15(21-17(19)20-16)11-12-8-9-13-6-4-5-7-14(13)10-12/h4-10H,11H2,1-3H3,(H2,19,20). The van der Waals surface area contributed by atoms with Gasteiger partial charge in [-0.2, -0.15) is 0 Å². The number of hydrogen-bond donors (Lipinski definition) is 1. The van der Waals surface area contributed by atoms with E-state index in [9.17, 15) is 0 Å². The van der Waals surface area contributed by atoms with Crippen LogP contribution in [0.15, 0.2) is 42.5 Å². The summed E-state index contributed by atoms with van der Waals surface area (Å²) in [6.45, 7) is 6.56. The molecule has 3 heteroatoms. The number of aromatic nitrogens is 1. The highest BCUT2D eigenvalue weighted by Crippen LogP contribution is 2.32. The minimum absolute atomic E-state index is 0.0281. The van der Waals surface area contributed by atoms with Crippen LogP contribution >= 0.6 is 11.3 Å². The highest BCUT2D eigenvalue weighted by atomic mass is 32.1. The highest BCUT2D eigenvalue weighted by molar-refractivity contribution is 7.15. The second-order valence-corrected chi connectivity index (χ2v) is 7.55. The van der Waals surface area contributed by atoms with Gasteiger partial charge in [0.2, 0.25) is 0 Å². The fourth-order valence-corrected chi connectivity index (χ4v) is 3.69. The van der Waals surface area contributed by atoms with Crippen molar-refractivity contribution in [2.75, 3.05) is 5.73 Å². The lowest BCUT2D eigenvalue weighted by atomic mass is 9.90. The molecule has 0 fully saturated rings. The molecule has 0 aliphatic rings. The van der Waals surface area contributed by atoms with Gasteiger partial charge < -0.3 is 5.73 Å². The average Bonchev–Trinajstić information content (AvgIpc) is 2.79. The van der Waals surface area contributed by atoms with Crippen LogP contribution in [0.3, 0.4) is 0 Å². The summed E-state index contributed by atoms with van der Waals surface area (Å²) in [7, 11) is 0. The quantitative estimate of drug-likeness (QED) is 0.740. The highest BCUT2D eigenvalue weighted by Gasteiger charge is 2.22. The second-order valence-electron chi connectivity index (χ2n) is 6.43. The molecule has 0 unspecified atom stereocenters. The zero-order valence-electron chi connectivity index (χ0n) is 12.7. The summed E-state index contributed by atoms with van der Waals surface area (Å²) in [4.78, 5) is 5.81.